The third-order valence-corrected chi connectivity index (χ3v) is 4.35. The van der Waals surface area contributed by atoms with Crippen LogP contribution < -0.4 is 9.64 Å². The minimum Gasteiger partial charge on any atom is -0.495 e. The van der Waals surface area contributed by atoms with Crippen LogP contribution in [0.5, 0.6) is 5.75 Å². The van der Waals surface area contributed by atoms with Gasteiger partial charge < -0.3 is 9.64 Å². The quantitative estimate of drug-likeness (QED) is 0.716. The van der Waals surface area contributed by atoms with E-state index in [0.29, 0.717) is 16.3 Å². The van der Waals surface area contributed by atoms with Gasteiger partial charge in [0.2, 0.25) is 5.91 Å². The van der Waals surface area contributed by atoms with E-state index in [0.717, 1.165) is 11.8 Å². The Balaban J connectivity index is 2.16. The third kappa shape index (κ3) is 4.49. The summed E-state index contributed by atoms with van der Waals surface area (Å²) in [6, 6.07) is 15.5. The number of carbonyl (C=O) groups is 1. The van der Waals surface area contributed by atoms with Crippen LogP contribution in [-0.2, 0) is 4.79 Å². The second-order valence-electron chi connectivity index (χ2n) is 4.84. The number of hydrogen-bond acceptors (Lipinski definition) is 4. The zero-order valence-electron chi connectivity index (χ0n) is 13.2. The number of carbonyl (C=O) groups excluding carboxylic acids is 1. The van der Waals surface area contributed by atoms with Gasteiger partial charge in [-0.2, -0.15) is 5.26 Å². The Labute approximate surface area is 144 Å². The van der Waals surface area contributed by atoms with Gasteiger partial charge in [0.05, 0.1) is 31.0 Å². The van der Waals surface area contributed by atoms with Crippen LogP contribution in [0, 0.1) is 17.1 Å². The Hall–Kier alpha value is -2.52. The number of para-hydroxylation sites is 2. The number of anilines is 1. The van der Waals surface area contributed by atoms with E-state index < -0.39 is 0 Å². The summed E-state index contributed by atoms with van der Waals surface area (Å²) in [6.45, 7) is 0.257. The number of benzene rings is 2. The fourth-order valence-corrected chi connectivity index (χ4v) is 2.99. The Morgan fingerprint density at radius 3 is 2.67 bits per heavy atom. The molecule has 2 aromatic carbocycles. The molecule has 2 rings (SSSR count). The largest absolute Gasteiger partial charge is 0.495 e. The van der Waals surface area contributed by atoms with Crippen molar-refractivity contribution >= 4 is 23.4 Å². The van der Waals surface area contributed by atoms with Crippen molar-refractivity contribution in [1.29, 1.82) is 5.26 Å². The lowest BCUT2D eigenvalue weighted by atomic mass is 10.2. The molecule has 0 spiro atoms. The van der Waals surface area contributed by atoms with Crippen molar-refractivity contribution in [2.75, 3.05) is 24.3 Å². The Kier molecular flexibility index (Phi) is 6.64. The summed E-state index contributed by atoms with van der Waals surface area (Å²) in [7, 11) is 1.53. The molecule has 0 aliphatic heterocycles. The number of hydrogen-bond donors (Lipinski definition) is 0. The fourth-order valence-electron chi connectivity index (χ4n) is 2.17. The second-order valence-corrected chi connectivity index (χ2v) is 5.86. The van der Waals surface area contributed by atoms with Gasteiger partial charge in [0, 0.05) is 11.4 Å². The fraction of sp³-hybridized carbons (Fsp3) is 0.222. The van der Waals surface area contributed by atoms with Crippen LogP contribution in [0.1, 0.15) is 6.42 Å². The van der Waals surface area contributed by atoms with Crippen molar-refractivity contribution in [1.82, 2.24) is 0 Å². The van der Waals surface area contributed by atoms with E-state index >= 15 is 0 Å². The van der Waals surface area contributed by atoms with Crippen molar-refractivity contribution in [3.05, 3.63) is 54.3 Å². The van der Waals surface area contributed by atoms with Gasteiger partial charge in [-0.1, -0.05) is 24.3 Å². The number of methoxy groups -OCH3 is 1. The van der Waals surface area contributed by atoms with Crippen LogP contribution in [0.3, 0.4) is 0 Å². The first-order chi connectivity index (χ1) is 11.7. The molecule has 6 heteroatoms. The van der Waals surface area contributed by atoms with Crippen molar-refractivity contribution in [2.45, 2.75) is 11.3 Å². The summed E-state index contributed by atoms with van der Waals surface area (Å²) >= 11 is 1.14. The highest BCUT2D eigenvalue weighted by Gasteiger charge is 2.19. The average molecular weight is 344 g/mol. The van der Waals surface area contributed by atoms with Crippen molar-refractivity contribution in [3.63, 3.8) is 0 Å². The average Bonchev–Trinajstić information content (AvgIpc) is 2.61. The number of halogens is 1. The Bertz CT molecular complexity index is 746. The first-order valence-electron chi connectivity index (χ1n) is 7.35. The maximum Gasteiger partial charge on any atom is 0.237 e. The van der Waals surface area contributed by atoms with E-state index in [1.54, 1.807) is 36.4 Å². The first kappa shape index (κ1) is 17.8. The van der Waals surface area contributed by atoms with Crippen LogP contribution in [0.4, 0.5) is 10.1 Å². The van der Waals surface area contributed by atoms with Gasteiger partial charge in [0.25, 0.3) is 0 Å². The predicted molar refractivity (Wildman–Crippen MR) is 92.7 cm³/mol. The van der Waals surface area contributed by atoms with Crippen molar-refractivity contribution in [3.8, 4) is 11.8 Å². The van der Waals surface area contributed by atoms with Crippen LogP contribution in [-0.4, -0.2) is 25.3 Å². The zero-order chi connectivity index (χ0) is 17.4. The first-order valence-corrected chi connectivity index (χ1v) is 8.33. The van der Waals surface area contributed by atoms with Gasteiger partial charge in [-0.05, 0) is 24.3 Å². The van der Waals surface area contributed by atoms with E-state index in [1.807, 2.05) is 12.1 Å². The SMILES string of the molecule is COc1ccccc1N(CCC#N)C(=O)CSc1ccccc1F. The Morgan fingerprint density at radius 2 is 1.96 bits per heavy atom. The molecule has 0 aliphatic carbocycles. The molecule has 124 valence electrons. The lowest BCUT2D eigenvalue weighted by molar-refractivity contribution is -0.116. The van der Waals surface area contributed by atoms with Gasteiger partial charge in [-0.15, -0.1) is 11.8 Å². The number of amides is 1. The maximum absolute atomic E-state index is 13.7. The smallest absolute Gasteiger partial charge is 0.237 e. The molecule has 0 aromatic heterocycles. The highest BCUT2D eigenvalue weighted by atomic mass is 32.2. The van der Waals surface area contributed by atoms with Gasteiger partial charge in [0.15, 0.2) is 0 Å². The van der Waals surface area contributed by atoms with Gasteiger partial charge in [-0.25, -0.2) is 4.39 Å². The van der Waals surface area contributed by atoms with Gasteiger partial charge >= 0.3 is 0 Å². The lowest BCUT2D eigenvalue weighted by Crippen LogP contribution is -2.33. The summed E-state index contributed by atoms with van der Waals surface area (Å²) < 4.78 is 19.0. The molecule has 4 nitrogen and oxygen atoms in total. The number of rotatable bonds is 7. The van der Waals surface area contributed by atoms with Gasteiger partial charge in [0.1, 0.15) is 11.6 Å². The van der Waals surface area contributed by atoms with E-state index in [4.69, 9.17) is 10.00 Å². The van der Waals surface area contributed by atoms with E-state index in [1.165, 1.54) is 18.1 Å². The topological polar surface area (TPSA) is 53.3 Å². The number of ether oxygens (including phenoxy) is 1. The van der Waals surface area contributed by atoms with Crippen LogP contribution in [0.25, 0.3) is 0 Å². The summed E-state index contributed by atoms with van der Waals surface area (Å²) in [5, 5.41) is 8.84. The summed E-state index contributed by atoms with van der Waals surface area (Å²) in [4.78, 5) is 14.6. The normalized spacial score (nSPS) is 10.0. The van der Waals surface area contributed by atoms with E-state index in [2.05, 4.69) is 0 Å². The molecule has 24 heavy (non-hydrogen) atoms. The molecular weight excluding hydrogens is 327 g/mol. The molecule has 0 heterocycles. The number of nitrogens with zero attached hydrogens (tertiary/aromatic N) is 2. The highest BCUT2D eigenvalue weighted by molar-refractivity contribution is 8.00. The number of thioether (sulfide) groups is 1. The van der Waals surface area contributed by atoms with E-state index in [9.17, 15) is 9.18 Å². The molecule has 0 saturated carbocycles. The molecule has 0 saturated heterocycles. The minimum absolute atomic E-state index is 0.0738. The van der Waals surface area contributed by atoms with Crippen LogP contribution in [0.15, 0.2) is 53.4 Å². The highest BCUT2D eigenvalue weighted by Crippen LogP contribution is 2.29. The minimum atomic E-state index is -0.351. The van der Waals surface area contributed by atoms with E-state index in [-0.39, 0.29) is 30.4 Å². The molecule has 0 unspecified atom stereocenters. The van der Waals surface area contributed by atoms with Gasteiger partial charge in [-0.3, -0.25) is 4.79 Å². The van der Waals surface area contributed by atoms with Crippen LogP contribution in [0.2, 0.25) is 0 Å². The maximum atomic E-state index is 13.7. The molecule has 0 fully saturated rings. The van der Waals surface area contributed by atoms with Crippen molar-refractivity contribution < 1.29 is 13.9 Å². The second kappa shape index (κ2) is 8.94. The molecule has 0 bridgehead atoms. The molecule has 0 N–H and O–H groups in total. The molecule has 0 atom stereocenters. The Morgan fingerprint density at radius 1 is 1.25 bits per heavy atom. The predicted octanol–water partition coefficient (Wildman–Crippen LogP) is 3.87. The third-order valence-electron chi connectivity index (χ3n) is 3.31. The lowest BCUT2D eigenvalue weighted by Gasteiger charge is -2.23. The molecule has 0 radical (unpaired) electrons. The molecule has 2 aromatic rings. The monoisotopic (exact) mass is 344 g/mol. The van der Waals surface area contributed by atoms with Crippen LogP contribution >= 0.6 is 11.8 Å². The number of nitriles is 1. The van der Waals surface area contributed by atoms with Crippen molar-refractivity contribution in [2.24, 2.45) is 0 Å². The molecule has 1 amide bonds. The zero-order valence-corrected chi connectivity index (χ0v) is 14.1. The molecule has 0 aliphatic rings. The molecular formula is C18H17FN2O2S. The summed E-state index contributed by atoms with van der Waals surface area (Å²) in [5.74, 6) is 0.0728. The standard InChI is InChI=1S/C18H17FN2O2S/c1-23-16-9-4-3-8-15(16)21(12-6-11-20)18(22)13-24-17-10-5-2-7-14(17)19/h2-5,7-10H,6,12-13H2,1H3. The summed E-state index contributed by atoms with van der Waals surface area (Å²) in [5.41, 5.74) is 0.606. The summed E-state index contributed by atoms with van der Waals surface area (Å²) in [6.07, 6.45) is 0.203.